The van der Waals surface area contributed by atoms with Gasteiger partial charge in [-0.15, -0.1) is 0 Å². The molecule has 0 saturated heterocycles. The Labute approximate surface area is 142 Å². The van der Waals surface area contributed by atoms with Gasteiger partial charge < -0.3 is 15.0 Å². The second-order valence-electron chi connectivity index (χ2n) is 5.73. The maximum atomic E-state index is 11.9. The number of esters is 1. The maximum Gasteiger partial charge on any atom is 0.355 e. The van der Waals surface area contributed by atoms with Gasteiger partial charge in [0.1, 0.15) is 5.69 Å². The minimum atomic E-state index is -0.546. The molecule has 0 radical (unpaired) electrons. The number of nitrogens with one attached hydrogen (secondary N) is 2. The van der Waals surface area contributed by atoms with Crippen molar-refractivity contribution in [3.8, 4) is 0 Å². The van der Waals surface area contributed by atoms with E-state index in [9.17, 15) is 9.59 Å². The number of aromatic nitrogens is 1. The Balaban J connectivity index is 1.46. The van der Waals surface area contributed by atoms with Crippen molar-refractivity contribution in [1.29, 1.82) is 0 Å². The summed E-state index contributed by atoms with van der Waals surface area (Å²) in [6, 6.07) is 11.8. The molecule has 1 aromatic carbocycles. The van der Waals surface area contributed by atoms with Crippen molar-refractivity contribution in [2.24, 2.45) is 0 Å². The van der Waals surface area contributed by atoms with Crippen LogP contribution in [-0.2, 0) is 14.9 Å². The molecule has 2 aromatic rings. The van der Waals surface area contributed by atoms with Crippen molar-refractivity contribution < 1.29 is 14.3 Å². The highest BCUT2D eigenvalue weighted by Gasteiger charge is 2.44. The van der Waals surface area contributed by atoms with Crippen LogP contribution in [0.1, 0.15) is 28.9 Å². The number of benzene rings is 1. The van der Waals surface area contributed by atoms with Gasteiger partial charge in [0.05, 0.1) is 0 Å². The highest BCUT2D eigenvalue weighted by Crippen LogP contribution is 2.47. The standard InChI is InChI=1S/C17H17BrN2O3/c18-13-8-14(19-9-13)16(22)23-10-15(21)20-11-17(6-7-17)12-4-2-1-3-5-12/h1-5,8-9,19H,6-7,10-11H2,(H,20,21). The zero-order valence-electron chi connectivity index (χ0n) is 12.5. The predicted octanol–water partition coefficient (Wildman–Crippen LogP) is 2.78. The van der Waals surface area contributed by atoms with Crippen LogP contribution in [0.15, 0.2) is 47.1 Å². The molecule has 120 valence electrons. The summed E-state index contributed by atoms with van der Waals surface area (Å²) in [5.74, 6) is -0.832. The molecule has 0 unspecified atom stereocenters. The number of H-pyrrole nitrogens is 1. The van der Waals surface area contributed by atoms with Gasteiger partial charge in [-0.05, 0) is 40.4 Å². The lowest BCUT2D eigenvalue weighted by Crippen LogP contribution is -2.35. The number of hydrogen-bond donors (Lipinski definition) is 2. The van der Waals surface area contributed by atoms with Gasteiger partial charge in [-0.3, -0.25) is 4.79 Å². The van der Waals surface area contributed by atoms with Crippen LogP contribution in [0.25, 0.3) is 0 Å². The molecule has 0 spiro atoms. The average Bonchev–Trinajstić information content (AvgIpc) is 3.25. The lowest BCUT2D eigenvalue weighted by Gasteiger charge is -2.16. The monoisotopic (exact) mass is 376 g/mol. The van der Waals surface area contributed by atoms with E-state index in [1.54, 1.807) is 12.3 Å². The third kappa shape index (κ3) is 3.82. The number of hydrogen-bond acceptors (Lipinski definition) is 3. The minimum absolute atomic E-state index is 0.0469. The van der Waals surface area contributed by atoms with E-state index in [4.69, 9.17) is 4.74 Å². The van der Waals surface area contributed by atoms with E-state index in [0.717, 1.165) is 17.3 Å². The van der Waals surface area contributed by atoms with Crippen molar-refractivity contribution in [1.82, 2.24) is 10.3 Å². The zero-order chi connectivity index (χ0) is 16.3. The summed E-state index contributed by atoms with van der Waals surface area (Å²) in [4.78, 5) is 26.4. The number of carbonyl (C=O) groups is 2. The first-order valence-electron chi connectivity index (χ1n) is 7.42. The van der Waals surface area contributed by atoms with E-state index in [0.29, 0.717) is 12.2 Å². The molecule has 0 atom stereocenters. The van der Waals surface area contributed by atoms with E-state index in [1.807, 2.05) is 18.2 Å². The molecule has 2 N–H and O–H groups in total. The van der Waals surface area contributed by atoms with E-state index in [2.05, 4.69) is 38.4 Å². The lowest BCUT2D eigenvalue weighted by atomic mass is 9.96. The average molecular weight is 377 g/mol. The molecular formula is C17H17BrN2O3. The van der Waals surface area contributed by atoms with Gasteiger partial charge in [0, 0.05) is 22.6 Å². The van der Waals surface area contributed by atoms with Crippen molar-refractivity contribution >= 4 is 27.8 Å². The van der Waals surface area contributed by atoms with E-state index >= 15 is 0 Å². The third-order valence-electron chi connectivity index (χ3n) is 4.07. The van der Waals surface area contributed by atoms with Crippen LogP contribution in [0, 0.1) is 0 Å². The molecule has 23 heavy (non-hydrogen) atoms. The zero-order valence-corrected chi connectivity index (χ0v) is 14.1. The van der Waals surface area contributed by atoms with Crippen LogP contribution in [0.3, 0.4) is 0 Å². The maximum absolute atomic E-state index is 11.9. The van der Waals surface area contributed by atoms with Crippen LogP contribution in [0.5, 0.6) is 0 Å². The molecule has 1 aliphatic carbocycles. The molecule has 3 rings (SSSR count). The molecule has 1 fully saturated rings. The molecule has 6 heteroatoms. The molecule has 1 aromatic heterocycles. The first-order chi connectivity index (χ1) is 11.1. The second-order valence-corrected chi connectivity index (χ2v) is 6.65. The summed E-state index contributed by atoms with van der Waals surface area (Å²) < 4.78 is 5.75. The summed E-state index contributed by atoms with van der Waals surface area (Å²) in [5, 5.41) is 2.86. The van der Waals surface area contributed by atoms with Gasteiger partial charge in [-0.2, -0.15) is 0 Å². The summed E-state index contributed by atoms with van der Waals surface area (Å²) in [6.07, 6.45) is 3.76. The van der Waals surface area contributed by atoms with Crippen molar-refractivity contribution in [2.75, 3.05) is 13.2 Å². The number of amides is 1. The molecule has 1 amide bonds. The Kier molecular flexibility index (Phi) is 4.52. The van der Waals surface area contributed by atoms with Crippen LogP contribution in [0.2, 0.25) is 0 Å². The van der Waals surface area contributed by atoms with Gasteiger partial charge in [0.15, 0.2) is 6.61 Å². The number of ether oxygens (including phenoxy) is 1. The smallest absolute Gasteiger partial charge is 0.355 e. The fraction of sp³-hybridized carbons (Fsp3) is 0.294. The Bertz CT molecular complexity index is 708. The van der Waals surface area contributed by atoms with Gasteiger partial charge in [0.2, 0.25) is 0 Å². The second kappa shape index (κ2) is 6.58. The summed E-state index contributed by atoms with van der Waals surface area (Å²) in [5.41, 5.74) is 1.60. The van der Waals surface area contributed by atoms with Crippen LogP contribution in [0.4, 0.5) is 0 Å². The van der Waals surface area contributed by atoms with Crippen LogP contribution >= 0.6 is 15.9 Å². The SMILES string of the molecule is O=C(COC(=O)c1cc(Br)c[nH]1)NCC1(c2ccccc2)CC1. The normalized spacial score (nSPS) is 15.0. The summed E-state index contributed by atoms with van der Waals surface area (Å²) in [7, 11) is 0. The Morgan fingerprint density at radius 3 is 2.61 bits per heavy atom. The van der Waals surface area contributed by atoms with Gasteiger partial charge in [0.25, 0.3) is 5.91 Å². The lowest BCUT2D eigenvalue weighted by molar-refractivity contribution is -0.124. The first kappa shape index (κ1) is 15.8. The minimum Gasteiger partial charge on any atom is -0.451 e. The topological polar surface area (TPSA) is 71.2 Å². The fourth-order valence-electron chi connectivity index (χ4n) is 2.52. The van der Waals surface area contributed by atoms with Gasteiger partial charge in [-0.25, -0.2) is 4.79 Å². The predicted molar refractivity (Wildman–Crippen MR) is 89.1 cm³/mol. The highest BCUT2D eigenvalue weighted by molar-refractivity contribution is 9.10. The Morgan fingerprint density at radius 2 is 2.00 bits per heavy atom. The van der Waals surface area contributed by atoms with Gasteiger partial charge in [-0.1, -0.05) is 30.3 Å². The number of halogens is 1. The molecule has 1 saturated carbocycles. The van der Waals surface area contributed by atoms with E-state index in [-0.39, 0.29) is 17.9 Å². The number of carbonyl (C=O) groups excluding carboxylic acids is 2. The quantitative estimate of drug-likeness (QED) is 0.761. The fourth-order valence-corrected chi connectivity index (χ4v) is 2.87. The van der Waals surface area contributed by atoms with E-state index < -0.39 is 5.97 Å². The largest absolute Gasteiger partial charge is 0.451 e. The summed E-state index contributed by atoms with van der Waals surface area (Å²) in [6.45, 7) is 0.293. The summed E-state index contributed by atoms with van der Waals surface area (Å²) >= 11 is 3.24. The number of rotatable bonds is 6. The van der Waals surface area contributed by atoms with Crippen molar-refractivity contribution in [3.63, 3.8) is 0 Å². The molecule has 0 bridgehead atoms. The van der Waals surface area contributed by atoms with Crippen molar-refractivity contribution in [3.05, 3.63) is 58.3 Å². The molecular weight excluding hydrogens is 360 g/mol. The number of aromatic amines is 1. The first-order valence-corrected chi connectivity index (χ1v) is 8.22. The van der Waals surface area contributed by atoms with Gasteiger partial charge >= 0.3 is 5.97 Å². The third-order valence-corrected chi connectivity index (χ3v) is 4.52. The molecule has 5 nitrogen and oxygen atoms in total. The van der Waals surface area contributed by atoms with Crippen LogP contribution in [-0.4, -0.2) is 30.0 Å². The van der Waals surface area contributed by atoms with E-state index in [1.165, 1.54) is 5.56 Å². The molecule has 1 aliphatic rings. The Morgan fingerprint density at radius 1 is 1.26 bits per heavy atom. The molecule has 0 aliphatic heterocycles. The van der Waals surface area contributed by atoms with Crippen molar-refractivity contribution in [2.45, 2.75) is 18.3 Å². The van der Waals surface area contributed by atoms with Crippen LogP contribution < -0.4 is 5.32 Å². The highest BCUT2D eigenvalue weighted by atomic mass is 79.9. The molecule has 1 heterocycles. The Hall–Kier alpha value is -2.08.